The van der Waals surface area contributed by atoms with Crippen LogP contribution >= 0.6 is 27.7 Å². The average Bonchev–Trinajstić information content (AvgIpc) is 2.87. The molecule has 120 valence electrons. The molecule has 0 spiro atoms. The van der Waals surface area contributed by atoms with Crippen LogP contribution < -0.4 is 10.5 Å². The third kappa shape index (κ3) is 3.74. The maximum atomic E-state index is 12.1. The minimum Gasteiger partial charge on any atom is -0.423 e. The zero-order valence-corrected chi connectivity index (χ0v) is 14.6. The molecule has 24 heavy (non-hydrogen) atoms. The van der Waals surface area contributed by atoms with E-state index in [0.717, 1.165) is 17.3 Å². The Bertz CT molecular complexity index is 876. The van der Waals surface area contributed by atoms with Gasteiger partial charge in [-0.15, -0.1) is 0 Å². The van der Waals surface area contributed by atoms with Gasteiger partial charge in [0, 0.05) is 4.47 Å². The molecule has 0 fully saturated rings. The molecule has 1 aliphatic rings. The molecule has 0 saturated heterocycles. The van der Waals surface area contributed by atoms with E-state index in [1.165, 1.54) is 0 Å². The molecule has 0 unspecified atom stereocenters. The molecule has 0 radical (unpaired) electrons. The molecule has 2 aromatic carbocycles. The van der Waals surface area contributed by atoms with Gasteiger partial charge in [-0.2, -0.15) is 4.99 Å². The summed E-state index contributed by atoms with van der Waals surface area (Å²) in [6.45, 7) is 0. The smallest absolute Gasteiger partial charge is 0.344 e. The van der Waals surface area contributed by atoms with Gasteiger partial charge < -0.3 is 10.5 Å². The second kappa shape index (κ2) is 7.02. The van der Waals surface area contributed by atoms with E-state index in [-0.39, 0.29) is 11.1 Å². The summed E-state index contributed by atoms with van der Waals surface area (Å²) in [4.78, 5) is 27.8. The summed E-state index contributed by atoms with van der Waals surface area (Å²) in [5.74, 6) is -0.378. The number of amides is 1. The van der Waals surface area contributed by atoms with Crippen LogP contribution in [-0.4, -0.2) is 17.0 Å². The predicted molar refractivity (Wildman–Crippen MR) is 97.7 cm³/mol. The average molecular weight is 403 g/mol. The van der Waals surface area contributed by atoms with Crippen molar-refractivity contribution in [3.8, 4) is 5.75 Å². The molecule has 0 aliphatic carbocycles. The molecule has 0 aromatic heterocycles. The minimum atomic E-state index is -0.448. The van der Waals surface area contributed by atoms with E-state index in [9.17, 15) is 9.59 Å². The maximum Gasteiger partial charge on any atom is 0.344 e. The number of ether oxygens (including phenoxy) is 1. The van der Waals surface area contributed by atoms with Crippen molar-refractivity contribution < 1.29 is 14.3 Å². The number of rotatable bonds is 3. The van der Waals surface area contributed by atoms with Gasteiger partial charge >= 0.3 is 5.97 Å². The second-order valence-corrected chi connectivity index (χ2v) is 6.72. The molecule has 1 amide bonds. The largest absolute Gasteiger partial charge is 0.423 e. The van der Waals surface area contributed by atoms with Crippen molar-refractivity contribution in [3.05, 3.63) is 69.0 Å². The molecule has 2 aromatic rings. The summed E-state index contributed by atoms with van der Waals surface area (Å²) in [6.07, 6.45) is 1.69. The highest BCUT2D eigenvalue weighted by molar-refractivity contribution is 9.10. The first-order chi connectivity index (χ1) is 11.5. The van der Waals surface area contributed by atoms with Gasteiger partial charge in [0.15, 0.2) is 5.17 Å². The van der Waals surface area contributed by atoms with E-state index in [1.807, 2.05) is 6.07 Å². The SMILES string of the molecule is NC1=NC(=O)C(=Cc2ccc(OC(=O)c3ccccc3Br)cc2)S1. The van der Waals surface area contributed by atoms with Gasteiger partial charge in [-0.05, 0) is 63.6 Å². The van der Waals surface area contributed by atoms with Gasteiger partial charge in [-0.3, -0.25) is 4.79 Å². The Kier molecular flexibility index (Phi) is 4.82. The van der Waals surface area contributed by atoms with Gasteiger partial charge in [0.05, 0.1) is 10.5 Å². The molecular weight excluding hydrogens is 392 g/mol. The van der Waals surface area contributed by atoms with Crippen molar-refractivity contribution in [1.82, 2.24) is 0 Å². The number of nitrogens with zero attached hydrogens (tertiary/aromatic N) is 1. The highest BCUT2D eigenvalue weighted by Crippen LogP contribution is 2.27. The quantitative estimate of drug-likeness (QED) is 0.481. The lowest BCUT2D eigenvalue weighted by Gasteiger charge is -2.06. The Labute approximate surface area is 150 Å². The topological polar surface area (TPSA) is 81.8 Å². The monoisotopic (exact) mass is 402 g/mol. The summed E-state index contributed by atoms with van der Waals surface area (Å²) in [6, 6.07) is 13.9. The van der Waals surface area contributed by atoms with Crippen LogP contribution in [0.4, 0.5) is 0 Å². The lowest BCUT2D eigenvalue weighted by Crippen LogP contribution is -2.09. The zero-order valence-electron chi connectivity index (χ0n) is 12.2. The highest BCUT2D eigenvalue weighted by Gasteiger charge is 2.19. The fraction of sp³-hybridized carbons (Fsp3) is 0. The van der Waals surface area contributed by atoms with Crippen LogP contribution in [0.1, 0.15) is 15.9 Å². The van der Waals surface area contributed by atoms with Gasteiger partial charge in [-0.25, -0.2) is 4.79 Å². The Balaban J connectivity index is 1.72. The van der Waals surface area contributed by atoms with Gasteiger partial charge in [0.25, 0.3) is 5.91 Å². The number of halogens is 1. The summed E-state index contributed by atoms with van der Waals surface area (Å²) in [5.41, 5.74) is 6.74. The van der Waals surface area contributed by atoms with E-state index < -0.39 is 5.97 Å². The molecule has 3 rings (SSSR count). The second-order valence-electron chi connectivity index (χ2n) is 4.80. The summed E-state index contributed by atoms with van der Waals surface area (Å²) in [7, 11) is 0. The van der Waals surface area contributed by atoms with Crippen molar-refractivity contribution in [1.29, 1.82) is 0 Å². The standard InChI is InChI=1S/C17H11BrN2O3S/c18-13-4-2-1-3-12(13)16(22)23-11-7-5-10(6-8-11)9-14-15(21)20-17(19)24-14/h1-9H,(H2,19,20,21). The highest BCUT2D eigenvalue weighted by atomic mass is 79.9. The number of carbonyl (C=O) groups is 2. The number of amidine groups is 1. The first-order valence-corrected chi connectivity index (χ1v) is 8.49. The lowest BCUT2D eigenvalue weighted by atomic mass is 10.2. The molecule has 0 saturated carbocycles. The predicted octanol–water partition coefficient (Wildman–Crippen LogP) is 3.60. The maximum absolute atomic E-state index is 12.1. The Morgan fingerprint density at radius 3 is 2.50 bits per heavy atom. The van der Waals surface area contributed by atoms with Crippen LogP contribution in [-0.2, 0) is 4.79 Å². The van der Waals surface area contributed by atoms with E-state index in [2.05, 4.69) is 20.9 Å². The fourth-order valence-electron chi connectivity index (χ4n) is 2.00. The summed E-state index contributed by atoms with van der Waals surface area (Å²) < 4.78 is 6.01. The molecule has 1 aliphatic heterocycles. The first-order valence-electron chi connectivity index (χ1n) is 6.88. The first kappa shape index (κ1) is 16.5. The lowest BCUT2D eigenvalue weighted by molar-refractivity contribution is -0.113. The number of benzene rings is 2. The molecule has 0 atom stereocenters. The van der Waals surface area contributed by atoms with Gasteiger partial charge in [0.2, 0.25) is 0 Å². The number of thioether (sulfide) groups is 1. The zero-order chi connectivity index (χ0) is 17.1. The minimum absolute atomic E-state index is 0.241. The van der Waals surface area contributed by atoms with Crippen molar-refractivity contribution in [2.45, 2.75) is 0 Å². The van der Waals surface area contributed by atoms with Crippen LogP contribution in [0.15, 0.2) is 62.9 Å². The molecule has 1 heterocycles. The third-order valence-corrected chi connectivity index (χ3v) is 4.62. The number of hydrogen-bond donors (Lipinski definition) is 1. The van der Waals surface area contributed by atoms with Crippen LogP contribution in [0.5, 0.6) is 5.75 Å². The van der Waals surface area contributed by atoms with Crippen LogP contribution in [0.2, 0.25) is 0 Å². The Morgan fingerprint density at radius 1 is 1.17 bits per heavy atom. The van der Waals surface area contributed by atoms with Crippen molar-refractivity contribution in [2.75, 3.05) is 0 Å². The molecule has 7 heteroatoms. The van der Waals surface area contributed by atoms with Crippen LogP contribution in [0.3, 0.4) is 0 Å². The molecular formula is C17H11BrN2O3S. The number of carbonyl (C=O) groups excluding carboxylic acids is 2. The number of aliphatic imine (C=N–C) groups is 1. The van der Waals surface area contributed by atoms with E-state index in [1.54, 1.807) is 48.5 Å². The van der Waals surface area contributed by atoms with Gasteiger partial charge in [-0.1, -0.05) is 24.3 Å². The fourth-order valence-corrected chi connectivity index (χ4v) is 3.13. The summed E-state index contributed by atoms with van der Waals surface area (Å²) >= 11 is 4.45. The van der Waals surface area contributed by atoms with Crippen molar-refractivity contribution >= 4 is 50.8 Å². The van der Waals surface area contributed by atoms with Crippen molar-refractivity contribution in [2.24, 2.45) is 10.7 Å². The molecule has 2 N–H and O–H groups in total. The molecule has 5 nitrogen and oxygen atoms in total. The van der Waals surface area contributed by atoms with Crippen LogP contribution in [0, 0.1) is 0 Å². The molecule has 0 bridgehead atoms. The van der Waals surface area contributed by atoms with Crippen LogP contribution in [0.25, 0.3) is 6.08 Å². The Morgan fingerprint density at radius 2 is 1.88 bits per heavy atom. The van der Waals surface area contributed by atoms with E-state index in [4.69, 9.17) is 10.5 Å². The van der Waals surface area contributed by atoms with Gasteiger partial charge in [0.1, 0.15) is 5.75 Å². The number of esters is 1. The van der Waals surface area contributed by atoms with Crippen molar-refractivity contribution in [3.63, 3.8) is 0 Å². The summed E-state index contributed by atoms with van der Waals surface area (Å²) in [5, 5.41) is 0.241. The van der Waals surface area contributed by atoms with E-state index >= 15 is 0 Å². The number of hydrogen-bond acceptors (Lipinski definition) is 5. The third-order valence-electron chi connectivity index (χ3n) is 3.12. The normalized spacial score (nSPS) is 15.5. The Hall–Kier alpha value is -2.38. The number of nitrogens with two attached hydrogens (primary N) is 1. The van der Waals surface area contributed by atoms with E-state index in [0.29, 0.717) is 20.7 Å².